The van der Waals surface area contributed by atoms with Gasteiger partial charge in [0.25, 0.3) is 0 Å². The Bertz CT molecular complexity index is 5010. The van der Waals surface area contributed by atoms with Crippen LogP contribution in [-0.4, -0.2) is 28.7 Å². The van der Waals surface area contributed by atoms with E-state index in [9.17, 15) is 0 Å². The van der Waals surface area contributed by atoms with Crippen LogP contribution in [0, 0.1) is 0 Å². The monoisotopic (exact) mass is 1110 g/mol. The van der Waals surface area contributed by atoms with Crippen molar-refractivity contribution in [1.29, 1.82) is 0 Å². The lowest BCUT2D eigenvalue weighted by Gasteiger charge is -2.12. The van der Waals surface area contributed by atoms with Crippen LogP contribution in [0.4, 0.5) is 0 Å². The Labute approximate surface area is 503 Å². The van der Waals surface area contributed by atoms with Crippen LogP contribution in [0.15, 0.2) is 328 Å². The zero-order chi connectivity index (χ0) is 57.6. The number of hydrogen-bond acceptors (Lipinski definition) is 3. The molecule has 0 radical (unpaired) electrons. The molecule has 17 aromatic rings. The van der Waals surface area contributed by atoms with Crippen LogP contribution in [0.1, 0.15) is 0 Å². The molecule has 5 heterocycles. The number of rotatable bonds is 9. The molecule has 0 saturated heterocycles. The van der Waals surface area contributed by atoms with Crippen molar-refractivity contribution < 1.29 is 0 Å². The molecule has 12 aromatic carbocycles. The Kier molecular flexibility index (Phi) is 12.8. The summed E-state index contributed by atoms with van der Waals surface area (Å²) in [5.74, 6) is 0.720. The Morgan fingerprint density at radius 2 is 0.494 bits per heavy atom. The largest absolute Gasteiger partial charge is 0.309 e. The summed E-state index contributed by atoms with van der Waals surface area (Å²) in [5.41, 5.74) is 22.0. The van der Waals surface area contributed by atoms with Crippen LogP contribution in [-0.2, 0) is 0 Å². The summed E-state index contributed by atoms with van der Waals surface area (Å²) in [6, 6.07) is 116. The van der Waals surface area contributed by atoms with E-state index in [1.165, 1.54) is 65.4 Å². The van der Waals surface area contributed by atoms with Crippen LogP contribution in [0.25, 0.3) is 150 Å². The third kappa shape index (κ3) is 9.30. The molecule has 0 fully saturated rings. The van der Waals surface area contributed by atoms with Gasteiger partial charge in [0.1, 0.15) is 0 Å². The van der Waals surface area contributed by atoms with Gasteiger partial charge in [-0.25, -0.2) is 15.0 Å². The highest BCUT2D eigenvalue weighted by Gasteiger charge is 2.17. The second kappa shape index (κ2) is 21.8. The minimum absolute atomic E-state index is 0.720. The summed E-state index contributed by atoms with van der Waals surface area (Å²) >= 11 is 0. The smallest absolute Gasteiger partial charge is 0.160 e. The molecule has 0 saturated carbocycles. The molecule has 17 rings (SSSR count). The second-order valence-electron chi connectivity index (χ2n) is 21.9. The van der Waals surface area contributed by atoms with Gasteiger partial charge in [0, 0.05) is 77.2 Å². The molecule has 0 aliphatic heterocycles. The molecule has 5 aromatic heterocycles. The van der Waals surface area contributed by atoms with Gasteiger partial charge >= 0.3 is 0 Å². The fraction of sp³-hybridized carbons (Fsp3) is 0. The Morgan fingerprint density at radius 1 is 0.172 bits per heavy atom. The van der Waals surface area contributed by atoms with Gasteiger partial charge in [0.2, 0.25) is 0 Å². The van der Waals surface area contributed by atoms with Crippen molar-refractivity contribution in [1.82, 2.24) is 28.7 Å². The summed E-state index contributed by atoms with van der Waals surface area (Å²) < 4.78 is 7.06. The molecule has 0 N–H and O–H groups in total. The van der Waals surface area contributed by atoms with Crippen molar-refractivity contribution in [2.45, 2.75) is 0 Å². The molecule has 6 nitrogen and oxygen atoms in total. The van der Waals surface area contributed by atoms with Crippen LogP contribution < -0.4 is 0 Å². The molecular weight excluding hydrogens is 1060 g/mol. The van der Waals surface area contributed by atoms with Gasteiger partial charge in [-0.15, -0.1) is 0 Å². The average Bonchev–Trinajstić information content (AvgIpc) is 1.92. The van der Waals surface area contributed by atoms with Crippen molar-refractivity contribution in [2.75, 3.05) is 0 Å². The number of para-hydroxylation sites is 6. The molecule has 6 heteroatoms. The predicted octanol–water partition coefficient (Wildman–Crippen LogP) is 20.9. The zero-order valence-electron chi connectivity index (χ0n) is 47.4. The van der Waals surface area contributed by atoms with Crippen LogP contribution in [0.3, 0.4) is 0 Å². The second-order valence-corrected chi connectivity index (χ2v) is 21.9. The van der Waals surface area contributed by atoms with E-state index < -0.39 is 0 Å². The summed E-state index contributed by atoms with van der Waals surface area (Å²) in [6.45, 7) is 0. The summed E-state index contributed by atoms with van der Waals surface area (Å²) in [5, 5.41) is 7.58. The number of benzene rings is 12. The third-order valence-electron chi connectivity index (χ3n) is 16.7. The molecule has 0 spiro atoms. The predicted molar refractivity (Wildman–Crippen MR) is 362 cm³/mol. The van der Waals surface area contributed by atoms with E-state index in [4.69, 9.17) is 15.0 Å². The SMILES string of the molecule is c1cc(-c2cccc(-c3cccc(-n4c5ccccc5c5ccccc54)c3)n2)cc(-n2c3ccccc3c3ccccc32)c1.c1ccc(-c2cc(-c3cccc(-c4ccc(-n5c6ccccc6c6ccccc65)cc4)c3)nc(-c3ccccc3)n2)cc1. The van der Waals surface area contributed by atoms with Gasteiger partial charge in [0.05, 0.1) is 55.9 Å². The molecular formula is C81H54N6. The number of pyridine rings is 1. The van der Waals surface area contributed by atoms with Gasteiger partial charge in [0.15, 0.2) is 5.82 Å². The van der Waals surface area contributed by atoms with Crippen molar-refractivity contribution >= 4 is 65.4 Å². The van der Waals surface area contributed by atoms with E-state index in [1.807, 2.05) is 36.4 Å². The van der Waals surface area contributed by atoms with Gasteiger partial charge in [-0.3, -0.25) is 0 Å². The highest BCUT2D eigenvalue weighted by atomic mass is 15.0. The topological polar surface area (TPSA) is 53.5 Å². The van der Waals surface area contributed by atoms with Gasteiger partial charge in [-0.2, -0.15) is 0 Å². The van der Waals surface area contributed by atoms with Crippen molar-refractivity contribution in [3.63, 3.8) is 0 Å². The number of aromatic nitrogens is 6. The fourth-order valence-electron chi connectivity index (χ4n) is 12.7. The molecule has 0 unspecified atom stereocenters. The van der Waals surface area contributed by atoms with Crippen LogP contribution in [0.5, 0.6) is 0 Å². The molecule has 0 atom stereocenters. The van der Waals surface area contributed by atoms with Crippen molar-refractivity contribution in [2.24, 2.45) is 0 Å². The van der Waals surface area contributed by atoms with E-state index >= 15 is 0 Å². The van der Waals surface area contributed by atoms with E-state index in [1.54, 1.807) is 0 Å². The first-order valence-corrected chi connectivity index (χ1v) is 29.5. The lowest BCUT2D eigenvalue weighted by Crippen LogP contribution is -1.96. The highest BCUT2D eigenvalue weighted by Crippen LogP contribution is 2.38. The molecule has 408 valence electrons. The van der Waals surface area contributed by atoms with Crippen molar-refractivity contribution in [3.8, 4) is 84.6 Å². The van der Waals surface area contributed by atoms with E-state index in [2.05, 4.69) is 305 Å². The maximum absolute atomic E-state index is 5.19. The molecule has 87 heavy (non-hydrogen) atoms. The van der Waals surface area contributed by atoms with Gasteiger partial charge < -0.3 is 13.7 Å². The Hall–Kier alpha value is -11.7. The number of hydrogen-bond donors (Lipinski definition) is 0. The molecule has 0 bridgehead atoms. The Balaban J connectivity index is 0.000000141. The third-order valence-corrected chi connectivity index (χ3v) is 16.7. The molecule has 0 aliphatic rings. The minimum atomic E-state index is 0.720. The zero-order valence-corrected chi connectivity index (χ0v) is 47.4. The highest BCUT2D eigenvalue weighted by molar-refractivity contribution is 6.11. The fourth-order valence-corrected chi connectivity index (χ4v) is 12.7. The van der Waals surface area contributed by atoms with Crippen molar-refractivity contribution in [3.05, 3.63) is 328 Å². The Morgan fingerprint density at radius 3 is 0.931 bits per heavy atom. The first-order chi connectivity index (χ1) is 43.1. The maximum Gasteiger partial charge on any atom is 0.160 e. The van der Waals surface area contributed by atoms with Gasteiger partial charge in [-0.05, 0) is 108 Å². The first kappa shape index (κ1) is 51.0. The average molecular weight is 1110 g/mol. The lowest BCUT2D eigenvalue weighted by atomic mass is 10.0. The summed E-state index contributed by atoms with van der Waals surface area (Å²) in [6.07, 6.45) is 0. The number of fused-ring (bicyclic) bond motifs is 9. The normalized spacial score (nSPS) is 11.4. The minimum Gasteiger partial charge on any atom is -0.309 e. The molecule has 0 amide bonds. The van der Waals surface area contributed by atoms with E-state index in [-0.39, 0.29) is 0 Å². The lowest BCUT2D eigenvalue weighted by molar-refractivity contribution is 1.17. The van der Waals surface area contributed by atoms with E-state index in [0.717, 1.165) is 84.6 Å². The summed E-state index contributed by atoms with van der Waals surface area (Å²) in [7, 11) is 0. The first-order valence-electron chi connectivity index (χ1n) is 29.5. The van der Waals surface area contributed by atoms with Gasteiger partial charge in [-0.1, -0.05) is 231 Å². The molecule has 0 aliphatic carbocycles. The maximum atomic E-state index is 5.19. The standard InChI is InChI=1S/C41H27N3.C40H27N3/c1-5-22-38-32(16-1)33-17-2-6-23-39(33)43(38)30-14-9-12-28(26-30)36-20-11-21-37(42-36)29-13-10-15-31(27-29)44-40-24-7-3-18-34(40)35-19-4-8-25-41(35)44;1-3-12-29(13-4-1)36-27-37(42-40(41-36)30-14-5-2-6-15-30)32-17-11-16-31(26-32)28-22-24-33(25-23-28)43-38-20-9-7-18-34(38)35-19-8-10-21-39(35)43/h1-27H;1-27H. The quantitative estimate of drug-likeness (QED) is 0.145. The van der Waals surface area contributed by atoms with Crippen LogP contribution in [0.2, 0.25) is 0 Å². The van der Waals surface area contributed by atoms with Crippen LogP contribution >= 0.6 is 0 Å². The number of nitrogens with zero attached hydrogens (tertiary/aromatic N) is 6. The van der Waals surface area contributed by atoms with E-state index in [0.29, 0.717) is 0 Å². The summed E-state index contributed by atoms with van der Waals surface area (Å²) in [4.78, 5) is 15.2.